The second-order valence-electron chi connectivity index (χ2n) is 11.3. The maximum Gasteiger partial charge on any atom is 0.354 e. The summed E-state index contributed by atoms with van der Waals surface area (Å²) >= 11 is 0. The van der Waals surface area contributed by atoms with E-state index in [9.17, 15) is 9.90 Å². The monoisotopic (exact) mass is 756 g/mol. The van der Waals surface area contributed by atoms with E-state index in [1.165, 1.54) is 0 Å². The number of aromatic nitrogens is 4. The molecule has 0 aliphatic heterocycles. The quantitative estimate of drug-likeness (QED) is 0.191. The van der Waals surface area contributed by atoms with Gasteiger partial charge in [0.25, 0.3) is 0 Å². The summed E-state index contributed by atoms with van der Waals surface area (Å²) in [6, 6.07) is 30.4. The number of nitrogens with zero attached hydrogens (tertiary/aromatic N) is 4. The fraction of sp³-hybridized carbons (Fsp3) is 0.108. The molecule has 1 N–H and O–H groups in total. The average Bonchev–Trinajstić information content (AvgIpc) is 3.61. The predicted molar refractivity (Wildman–Crippen MR) is 172 cm³/mol. The summed E-state index contributed by atoms with van der Waals surface area (Å²) in [5.74, 6) is -0.310. The maximum atomic E-state index is 12.3. The Morgan fingerprint density at radius 1 is 0.727 bits per heavy atom. The van der Waals surface area contributed by atoms with E-state index >= 15 is 0 Å². The number of para-hydroxylation sites is 2. The normalized spacial score (nSPS) is 11.2. The largest absolute Gasteiger partial charge is 0.663 e. The first-order chi connectivity index (χ1) is 20.7. The average molecular weight is 757 g/mol. The molecule has 0 aliphatic rings. The van der Waals surface area contributed by atoms with Crippen LogP contribution in [0.5, 0.6) is 0 Å². The molecule has 0 fully saturated rings. The number of imidazole rings is 1. The van der Waals surface area contributed by atoms with E-state index in [4.69, 9.17) is 4.98 Å². The van der Waals surface area contributed by atoms with Gasteiger partial charge in [0.15, 0.2) is 0 Å². The third kappa shape index (κ3) is 5.16. The van der Waals surface area contributed by atoms with Crippen LogP contribution >= 0.6 is 0 Å². The zero-order chi connectivity index (χ0) is 29.8. The van der Waals surface area contributed by atoms with Crippen LogP contribution in [0.2, 0.25) is 0 Å². The van der Waals surface area contributed by atoms with Crippen LogP contribution in [-0.2, 0) is 21.1 Å². The molecule has 3 aromatic heterocycles. The van der Waals surface area contributed by atoms with Crippen LogP contribution in [0.15, 0.2) is 97.2 Å². The van der Waals surface area contributed by atoms with Gasteiger partial charge in [0, 0.05) is 37.9 Å². The molecule has 0 aliphatic carbocycles. The molecule has 0 amide bonds. The van der Waals surface area contributed by atoms with Gasteiger partial charge >= 0.3 is 5.97 Å². The van der Waals surface area contributed by atoms with Crippen molar-refractivity contribution in [3.05, 3.63) is 125 Å². The second-order valence-corrected chi connectivity index (χ2v) is 11.3. The van der Waals surface area contributed by atoms with Gasteiger partial charge in [-0.25, -0.2) is 14.8 Å². The van der Waals surface area contributed by atoms with Gasteiger partial charge in [-0.05, 0) is 85.7 Å². The van der Waals surface area contributed by atoms with Gasteiger partial charge in [0.2, 0.25) is 0 Å². The minimum atomic E-state index is -1.07. The Morgan fingerprint density at radius 3 is 2.07 bits per heavy atom. The van der Waals surface area contributed by atoms with E-state index in [1.807, 2.05) is 50.4 Å². The zero-order valence-corrected chi connectivity index (χ0v) is 27.0. The van der Waals surface area contributed by atoms with Crippen LogP contribution in [0, 0.1) is 27.7 Å². The molecule has 7 rings (SSSR count). The van der Waals surface area contributed by atoms with Crippen molar-refractivity contribution in [1.82, 2.24) is 19.5 Å². The number of hydrogen-bond acceptors (Lipinski definition) is 3. The summed E-state index contributed by atoms with van der Waals surface area (Å²) < 4.78 is 2.17. The van der Waals surface area contributed by atoms with Gasteiger partial charge in [-0.3, -0.25) is 4.57 Å². The molecule has 44 heavy (non-hydrogen) atoms. The van der Waals surface area contributed by atoms with E-state index in [0.717, 1.165) is 78.0 Å². The number of hydrogen-bond donors (Lipinski definition) is 1. The third-order valence-electron chi connectivity index (χ3n) is 7.79. The summed E-state index contributed by atoms with van der Waals surface area (Å²) in [6.07, 6.45) is 1.82. The number of benzene rings is 4. The molecule has 0 saturated carbocycles. The Hall–Kier alpha value is -4.80. The molecule has 3 heterocycles. The standard InChI is InChI=1S/C37H30N4O2.Pt/c1-21-13-22(2)16-26(15-21)27-19-31(39-32(20-27)37(42)43)29-8-6-10-33-35(29)40-36(30-9-5-7-25-11-12-38-34(25)30)41(33)28-17-23(3)14-24(4)18-28;/h5-20H,1-4H3,(H2,38,39,40,42,43);/p-1. The maximum absolute atomic E-state index is 12.3. The van der Waals surface area contributed by atoms with Gasteiger partial charge in [-0.15, -0.1) is 5.52 Å². The molecule has 220 valence electrons. The van der Waals surface area contributed by atoms with Crippen molar-refractivity contribution in [3.63, 3.8) is 0 Å². The second kappa shape index (κ2) is 11.4. The van der Waals surface area contributed by atoms with Gasteiger partial charge < -0.3 is 10.1 Å². The number of aryl methyl sites for hydroxylation is 4. The topological polar surface area (TPSA) is 82.1 Å². The molecule has 0 atom stereocenters. The van der Waals surface area contributed by atoms with Crippen molar-refractivity contribution < 1.29 is 31.0 Å². The Morgan fingerprint density at radius 2 is 1.36 bits per heavy atom. The van der Waals surface area contributed by atoms with Gasteiger partial charge in [0.05, 0.1) is 16.7 Å². The van der Waals surface area contributed by atoms with Crippen molar-refractivity contribution in [1.29, 1.82) is 0 Å². The van der Waals surface area contributed by atoms with Crippen molar-refractivity contribution >= 4 is 27.9 Å². The zero-order valence-electron chi connectivity index (χ0n) is 24.7. The molecular weight excluding hydrogens is 728 g/mol. The summed E-state index contributed by atoms with van der Waals surface area (Å²) in [5.41, 5.74) is 12.0. The number of rotatable bonds is 5. The van der Waals surface area contributed by atoms with Gasteiger partial charge in [-0.1, -0.05) is 71.8 Å². The van der Waals surface area contributed by atoms with Crippen LogP contribution in [0.3, 0.4) is 0 Å². The molecule has 7 heteroatoms. The molecule has 4 aromatic carbocycles. The smallest absolute Gasteiger partial charge is 0.354 e. The number of aromatic carboxylic acids is 1. The molecule has 0 bridgehead atoms. The summed E-state index contributed by atoms with van der Waals surface area (Å²) in [7, 11) is 0. The number of carbonyl (C=O) groups is 1. The van der Waals surface area contributed by atoms with Crippen molar-refractivity contribution in [2.24, 2.45) is 0 Å². The van der Waals surface area contributed by atoms with Crippen molar-refractivity contribution in [3.8, 4) is 39.5 Å². The summed E-state index contributed by atoms with van der Waals surface area (Å²) in [5, 5.41) is 11.1. The first-order valence-corrected chi connectivity index (χ1v) is 14.2. The van der Waals surface area contributed by atoms with E-state index in [0.29, 0.717) is 5.69 Å². The molecule has 7 aromatic rings. The van der Waals surface area contributed by atoms with E-state index in [2.05, 4.69) is 83.0 Å². The van der Waals surface area contributed by atoms with Gasteiger partial charge in [0.1, 0.15) is 11.5 Å². The van der Waals surface area contributed by atoms with Crippen molar-refractivity contribution in [2.75, 3.05) is 0 Å². The Balaban J connectivity index is 0.00000343. The van der Waals surface area contributed by atoms with Crippen molar-refractivity contribution in [2.45, 2.75) is 27.7 Å². The molecule has 6 nitrogen and oxygen atoms in total. The number of fused-ring (bicyclic) bond motifs is 2. The SMILES string of the molecule is Cc1cc(C)cc(-c2cc(C(=O)O)nc(-c3cccc4c3nc(-c3cccc5cc[n-]c35)n4-c3cc(C)cc(C)c3)c2)c1.[Pt]. The van der Waals surface area contributed by atoms with Crippen LogP contribution < -0.4 is 4.98 Å². The summed E-state index contributed by atoms with van der Waals surface area (Å²) in [4.78, 5) is 26.8. The fourth-order valence-electron chi connectivity index (χ4n) is 6.13. The Bertz CT molecular complexity index is 2190. The van der Waals surface area contributed by atoms with Crippen LogP contribution in [0.25, 0.3) is 61.4 Å². The first kappa shape index (κ1) is 29.3. The molecular formula is C37H29N4O2Pt-. The predicted octanol–water partition coefficient (Wildman–Crippen LogP) is 8.46. The van der Waals surface area contributed by atoms with E-state index in [1.54, 1.807) is 6.07 Å². The Kier molecular flexibility index (Phi) is 7.56. The Labute approximate surface area is 269 Å². The van der Waals surface area contributed by atoms with Crippen LogP contribution in [-0.4, -0.2) is 25.6 Å². The fourth-order valence-corrected chi connectivity index (χ4v) is 6.13. The van der Waals surface area contributed by atoms with E-state index in [-0.39, 0.29) is 26.8 Å². The number of carboxylic acids is 1. The third-order valence-corrected chi connectivity index (χ3v) is 7.79. The minimum Gasteiger partial charge on any atom is -0.663 e. The molecule has 0 radical (unpaired) electrons. The minimum absolute atomic E-state index is 0. The summed E-state index contributed by atoms with van der Waals surface area (Å²) in [6.45, 7) is 8.27. The molecule has 0 unspecified atom stereocenters. The first-order valence-electron chi connectivity index (χ1n) is 14.2. The number of carboxylic acid groups (broad SMARTS) is 1. The molecule has 0 spiro atoms. The van der Waals surface area contributed by atoms with Crippen LogP contribution in [0.1, 0.15) is 32.7 Å². The van der Waals surface area contributed by atoms with Gasteiger partial charge in [-0.2, -0.15) is 6.20 Å². The number of pyridine rings is 1. The van der Waals surface area contributed by atoms with E-state index < -0.39 is 5.97 Å². The van der Waals surface area contributed by atoms with Crippen LogP contribution in [0.4, 0.5) is 0 Å². The molecule has 0 saturated heterocycles.